The van der Waals surface area contributed by atoms with E-state index in [2.05, 4.69) is 38.4 Å². The highest BCUT2D eigenvalue weighted by Crippen LogP contribution is 2.27. The lowest BCUT2D eigenvalue weighted by molar-refractivity contribution is 0.683. The van der Waals surface area contributed by atoms with Gasteiger partial charge in [0.25, 0.3) is 0 Å². The van der Waals surface area contributed by atoms with Crippen LogP contribution in [0.1, 0.15) is 11.3 Å². The molecule has 0 aliphatic rings. The second-order valence-corrected chi connectivity index (χ2v) is 5.99. The minimum absolute atomic E-state index is 0.722. The zero-order valence-corrected chi connectivity index (χ0v) is 13.1. The Morgan fingerprint density at radius 3 is 2.70 bits per heavy atom. The molecule has 1 aromatic heterocycles. The molecule has 0 amide bonds. The second kappa shape index (κ2) is 6.00. The molecule has 2 nitrogen and oxygen atoms in total. The molecule has 2 aromatic carbocycles. The van der Waals surface area contributed by atoms with Gasteiger partial charge in [-0.1, -0.05) is 57.9 Å². The minimum atomic E-state index is 0.722. The minimum Gasteiger partial charge on any atom is -0.356 e. The number of para-hydroxylation sites is 1. The molecule has 0 aliphatic carbocycles. The molecule has 1 heterocycles. The summed E-state index contributed by atoms with van der Waals surface area (Å²) in [5.74, 6) is 0. The molecular formula is C16H14BrClN2. The Balaban J connectivity index is 1.69. The maximum Gasteiger partial charge on any atom is 0.0705 e. The summed E-state index contributed by atoms with van der Waals surface area (Å²) in [6.07, 6.45) is 0. The fourth-order valence-electron chi connectivity index (χ4n) is 2.26. The van der Waals surface area contributed by atoms with Crippen LogP contribution >= 0.6 is 27.5 Å². The maximum absolute atomic E-state index is 6.39. The third kappa shape index (κ3) is 2.90. The van der Waals surface area contributed by atoms with Gasteiger partial charge in [0.2, 0.25) is 0 Å². The standard InChI is InChI=1S/C16H14BrClN2/c17-12-5-3-4-11(8-12)9-19-10-15-16(18)13-6-1-2-7-14(13)20-15/h1-8,19-20H,9-10H2. The number of nitrogens with one attached hydrogen (secondary N) is 2. The molecule has 0 saturated carbocycles. The lowest BCUT2D eigenvalue weighted by Gasteiger charge is -2.04. The fraction of sp³-hybridized carbons (Fsp3) is 0.125. The Morgan fingerprint density at radius 2 is 1.90 bits per heavy atom. The van der Waals surface area contributed by atoms with E-state index in [4.69, 9.17) is 11.6 Å². The third-order valence-electron chi connectivity index (χ3n) is 3.23. The summed E-state index contributed by atoms with van der Waals surface area (Å²) in [6, 6.07) is 16.4. The zero-order valence-electron chi connectivity index (χ0n) is 10.8. The number of benzene rings is 2. The maximum atomic E-state index is 6.39. The number of halogens is 2. The largest absolute Gasteiger partial charge is 0.356 e. The van der Waals surface area contributed by atoms with E-state index in [0.717, 1.165) is 39.2 Å². The smallest absolute Gasteiger partial charge is 0.0705 e. The molecule has 102 valence electrons. The molecule has 0 spiro atoms. The molecule has 0 radical (unpaired) electrons. The van der Waals surface area contributed by atoms with E-state index in [0.29, 0.717) is 0 Å². The SMILES string of the molecule is Clc1c(CNCc2cccc(Br)c2)[nH]c2ccccc12. The summed E-state index contributed by atoms with van der Waals surface area (Å²) in [5.41, 5.74) is 3.35. The van der Waals surface area contributed by atoms with E-state index < -0.39 is 0 Å². The monoisotopic (exact) mass is 348 g/mol. The summed E-state index contributed by atoms with van der Waals surface area (Å²) in [4.78, 5) is 3.36. The van der Waals surface area contributed by atoms with E-state index in [1.807, 2.05) is 36.4 Å². The van der Waals surface area contributed by atoms with Crippen molar-refractivity contribution in [2.75, 3.05) is 0 Å². The van der Waals surface area contributed by atoms with Gasteiger partial charge >= 0.3 is 0 Å². The van der Waals surface area contributed by atoms with Crippen LogP contribution in [-0.4, -0.2) is 4.98 Å². The van der Waals surface area contributed by atoms with Gasteiger partial charge in [0.1, 0.15) is 0 Å². The van der Waals surface area contributed by atoms with E-state index in [9.17, 15) is 0 Å². The molecule has 0 unspecified atom stereocenters. The summed E-state index contributed by atoms with van der Waals surface area (Å²) < 4.78 is 1.10. The highest BCUT2D eigenvalue weighted by molar-refractivity contribution is 9.10. The van der Waals surface area contributed by atoms with Crippen molar-refractivity contribution in [3.8, 4) is 0 Å². The highest BCUT2D eigenvalue weighted by Gasteiger charge is 2.08. The average molecular weight is 350 g/mol. The van der Waals surface area contributed by atoms with Crippen LogP contribution in [0.5, 0.6) is 0 Å². The first-order valence-corrected chi connectivity index (χ1v) is 7.61. The molecule has 0 saturated heterocycles. The Bertz CT molecular complexity index is 736. The Kier molecular flexibility index (Phi) is 4.10. The predicted molar refractivity (Wildman–Crippen MR) is 88.0 cm³/mol. The first-order chi connectivity index (χ1) is 9.74. The van der Waals surface area contributed by atoms with Gasteiger partial charge in [-0.15, -0.1) is 0 Å². The van der Waals surface area contributed by atoms with Gasteiger partial charge < -0.3 is 10.3 Å². The number of H-pyrrole nitrogens is 1. The van der Waals surface area contributed by atoms with Crippen molar-refractivity contribution in [1.29, 1.82) is 0 Å². The summed E-state index contributed by atoms with van der Waals surface area (Å²) in [6.45, 7) is 1.53. The number of hydrogen-bond donors (Lipinski definition) is 2. The predicted octanol–water partition coefficient (Wildman–Crippen LogP) is 4.87. The lowest BCUT2D eigenvalue weighted by atomic mass is 10.2. The molecule has 4 heteroatoms. The lowest BCUT2D eigenvalue weighted by Crippen LogP contribution is -2.13. The normalized spacial score (nSPS) is 11.1. The molecule has 0 atom stereocenters. The van der Waals surface area contributed by atoms with Gasteiger partial charge in [-0.05, 0) is 23.8 Å². The van der Waals surface area contributed by atoms with E-state index >= 15 is 0 Å². The molecule has 2 N–H and O–H groups in total. The van der Waals surface area contributed by atoms with Crippen LogP contribution in [0.2, 0.25) is 5.02 Å². The van der Waals surface area contributed by atoms with Crippen LogP contribution < -0.4 is 5.32 Å². The van der Waals surface area contributed by atoms with Crippen LogP contribution in [0.15, 0.2) is 53.0 Å². The van der Waals surface area contributed by atoms with E-state index in [-0.39, 0.29) is 0 Å². The molecule has 0 bridgehead atoms. The van der Waals surface area contributed by atoms with E-state index in [1.165, 1.54) is 5.56 Å². The fourth-order valence-corrected chi connectivity index (χ4v) is 2.99. The van der Waals surface area contributed by atoms with Crippen molar-refractivity contribution in [3.63, 3.8) is 0 Å². The van der Waals surface area contributed by atoms with Crippen LogP contribution in [-0.2, 0) is 13.1 Å². The first-order valence-electron chi connectivity index (χ1n) is 6.44. The Hall–Kier alpha value is -1.29. The van der Waals surface area contributed by atoms with Gasteiger partial charge in [0, 0.05) is 34.2 Å². The van der Waals surface area contributed by atoms with Gasteiger partial charge in [0.05, 0.1) is 5.02 Å². The van der Waals surface area contributed by atoms with Gasteiger partial charge in [-0.25, -0.2) is 0 Å². The number of aromatic nitrogens is 1. The molecule has 20 heavy (non-hydrogen) atoms. The van der Waals surface area contributed by atoms with Gasteiger partial charge in [0.15, 0.2) is 0 Å². The van der Waals surface area contributed by atoms with E-state index in [1.54, 1.807) is 0 Å². The van der Waals surface area contributed by atoms with Crippen molar-refractivity contribution in [1.82, 2.24) is 10.3 Å². The van der Waals surface area contributed by atoms with Crippen LogP contribution in [0.3, 0.4) is 0 Å². The summed E-state index contributed by atoms with van der Waals surface area (Å²) in [5, 5.41) is 5.30. The summed E-state index contributed by atoms with van der Waals surface area (Å²) in [7, 11) is 0. The number of rotatable bonds is 4. The number of fused-ring (bicyclic) bond motifs is 1. The Morgan fingerprint density at radius 1 is 1.05 bits per heavy atom. The highest BCUT2D eigenvalue weighted by atomic mass is 79.9. The van der Waals surface area contributed by atoms with Crippen molar-refractivity contribution in [3.05, 3.63) is 69.3 Å². The second-order valence-electron chi connectivity index (χ2n) is 4.70. The quantitative estimate of drug-likeness (QED) is 0.690. The van der Waals surface area contributed by atoms with Gasteiger partial charge in [-0.3, -0.25) is 0 Å². The zero-order chi connectivity index (χ0) is 13.9. The van der Waals surface area contributed by atoms with Crippen molar-refractivity contribution >= 4 is 38.4 Å². The van der Waals surface area contributed by atoms with Crippen LogP contribution in [0, 0.1) is 0 Å². The molecule has 3 rings (SSSR count). The molecule has 3 aromatic rings. The van der Waals surface area contributed by atoms with Crippen molar-refractivity contribution in [2.45, 2.75) is 13.1 Å². The van der Waals surface area contributed by atoms with Crippen LogP contribution in [0.25, 0.3) is 10.9 Å². The molecular weight excluding hydrogens is 336 g/mol. The first kappa shape index (κ1) is 13.7. The third-order valence-corrected chi connectivity index (χ3v) is 4.16. The van der Waals surface area contributed by atoms with Crippen molar-refractivity contribution in [2.24, 2.45) is 0 Å². The molecule has 0 fully saturated rings. The average Bonchev–Trinajstić information content (AvgIpc) is 2.76. The van der Waals surface area contributed by atoms with Gasteiger partial charge in [-0.2, -0.15) is 0 Å². The molecule has 0 aliphatic heterocycles. The van der Waals surface area contributed by atoms with Crippen LogP contribution in [0.4, 0.5) is 0 Å². The summed E-state index contributed by atoms with van der Waals surface area (Å²) >= 11 is 9.86. The topological polar surface area (TPSA) is 27.8 Å². The number of aromatic amines is 1. The number of hydrogen-bond acceptors (Lipinski definition) is 1. The Labute approximate surface area is 131 Å². The van der Waals surface area contributed by atoms with Crippen molar-refractivity contribution < 1.29 is 0 Å².